The number of hydrogen-bond donors (Lipinski definition) is 1. The molecule has 4 rings (SSSR count). The topological polar surface area (TPSA) is 38.9 Å². The van der Waals surface area contributed by atoms with Gasteiger partial charge >= 0.3 is 0 Å². The Morgan fingerprint density at radius 3 is 2.62 bits per heavy atom. The molecule has 1 saturated carbocycles. The fourth-order valence-electron chi connectivity index (χ4n) is 4.23. The predicted molar refractivity (Wildman–Crippen MR) is 110 cm³/mol. The molecule has 26 heavy (non-hydrogen) atoms. The van der Waals surface area contributed by atoms with Crippen molar-refractivity contribution in [3.8, 4) is 11.1 Å². The van der Waals surface area contributed by atoms with E-state index in [1.807, 2.05) is 34.3 Å². The van der Waals surface area contributed by atoms with Crippen LogP contribution in [0, 0.1) is 0 Å². The third-order valence-electron chi connectivity index (χ3n) is 5.95. The van der Waals surface area contributed by atoms with Crippen molar-refractivity contribution in [1.82, 2.24) is 23.6 Å². The first kappa shape index (κ1) is 17.6. The highest BCUT2D eigenvalue weighted by atomic mass is 32.1. The number of aromatic nitrogens is 4. The average molecular weight is 370 g/mol. The summed E-state index contributed by atoms with van der Waals surface area (Å²) in [6, 6.07) is 3.06. The lowest BCUT2D eigenvalue weighted by atomic mass is 9.81. The molecule has 0 bridgehead atoms. The molecule has 0 N–H and O–H groups in total. The Morgan fingerprint density at radius 1 is 1.19 bits per heavy atom. The molecule has 0 aliphatic heterocycles. The van der Waals surface area contributed by atoms with Crippen LogP contribution in [0.25, 0.3) is 22.2 Å². The van der Waals surface area contributed by atoms with Crippen LogP contribution >= 0.6 is 12.8 Å². The van der Waals surface area contributed by atoms with Gasteiger partial charge in [-0.05, 0) is 56.8 Å². The van der Waals surface area contributed by atoms with Crippen molar-refractivity contribution in [2.24, 2.45) is 7.05 Å². The zero-order valence-electron chi connectivity index (χ0n) is 15.8. The second-order valence-corrected chi connectivity index (χ2v) is 7.94. The van der Waals surface area contributed by atoms with Crippen LogP contribution in [0.3, 0.4) is 0 Å². The summed E-state index contributed by atoms with van der Waals surface area (Å²) in [5, 5.41) is 5.48. The van der Waals surface area contributed by atoms with Gasteiger partial charge < -0.3 is 4.90 Å². The summed E-state index contributed by atoms with van der Waals surface area (Å²) in [6.07, 6.45) is 13.1. The molecule has 0 atom stereocenters. The summed E-state index contributed by atoms with van der Waals surface area (Å²) in [5.74, 6) is 0.610. The highest BCUT2D eigenvalue weighted by Crippen LogP contribution is 2.37. The molecule has 1 aliphatic carbocycles. The molecule has 3 heterocycles. The third-order valence-corrected chi connectivity index (χ3v) is 6.26. The standard InChI is InChI=1S/C20H27N5S/c1-4-23(2)17-7-5-14(6-8-17)15-9-18-19(16-11-22-24(3)12-16)13-25(26)20(18)21-10-15/h9-14,17,26H,4-8H2,1-3H3/t14-,17+. The molecular formula is C20H27N5S. The summed E-state index contributed by atoms with van der Waals surface area (Å²) < 4.78 is 3.65. The van der Waals surface area contributed by atoms with Gasteiger partial charge in [-0.15, -0.1) is 0 Å². The minimum Gasteiger partial charge on any atom is -0.304 e. The van der Waals surface area contributed by atoms with E-state index >= 15 is 0 Å². The fourth-order valence-corrected chi connectivity index (χ4v) is 4.50. The van der Waals surface area contributed by atoms with Crippen molar-refractivity contribution >= 4 is 23.8 Å². The van der Waals surface area contributed by atoms with Gasteiger partial charge in [0.15, 0.2) is 0 Å². The maximum absolute atomic E-state index is 4.73. The van der Waals surface area contributed by atoms with E-state index in [0.29, 0.717) is 5.92 Å². The van der Waals surface area contributed by atoms with Crippen LogP contribution in [0.15, 0.2) is 30.9 Å². The minimum absolute atomic E-state index is 0.610. The minimum atomic E-state index is 0.610. The number of aryl methyl sites for hydroxylation is 1. The summed E-state index contributed by atoms with van der Waals surface area (Å²) in [6.45, 7) is 3.37. The Balaban J connectivity index is 1.64. The number of nitrogens with zero attached hydrogens (tertiary/aromatic N) is 5. The Hall–Kier alpha value is -1.79. The molecule has 138 valence electrons. The Morgan fingerprint density at radius 2 is 1.96 bits per heavy atom. The third kappa shape index (κ3) is 3.16. The molecule has 0 saturated heterocycles. The van der Waals surface area contributed by atoms with E-state index in [0.717, 1.165) is 29.4 Å². The van der Waals surface area contributed by atoms with Gasteiger partial charge in [0, 0.05) is 48.2 Å². The maximum atomic E-state index is 4.73. The summed E-state index contributed by atoms with van der Waals surface area (Å²) in [7, 11) is 4.19. The molecule has 5 nitrogen and oxygen atoms in total. The summed E-state index contributed by atoms with van der Waals surface area (Å²) >= 11 is 4.56. The first-order valence-electron chi connectivity index (χ1n) is 9.46. The Bertz CT molecular complexity index is 904. The molecule has 0 radical (unpaired) electrons. The first-order valence-corrected chi connectivity index (χ1v) is 9.86. The molecule has 1 fully saturated rings. The van der Waals surface area contributed by atoms with Gasteiger partial charge in [-0.2, -0.15) is 5.10 Å². The van der Waals surface area contributed by atoms with Gasteiger partial charge in [-0.3, -0.25) is 8.65 Å². The van der Waals surface area contributed by atoms with Gasteiger partial charge in [-0.25, -0.2) is 4.98 Å². The first-order chi connectivity index (χ1) is 12.6. The van der Waals surface area contributed by atoms with E-state index in [-0.39, 0.29) is 0 Å². The van der Waals surface area contributed by atoms with Crippen LogP contribution < -0.4 is 0 Å². The molecule has 0 amide bonds. The monoisotopic (exact) mass is 369 g/mol. The van der Waals surface area contributed by atoms with E-state index in [1.165, 1.54) is 36.6 Å². The van der Waals surface area contributed by atoms with Crippen molar-refractivity contribution in [2.75, 3.05) is 13.6 Å². The molecule has 0 aromatic carbocycles. The summed E-state index contributed by atoms with van der Waals surface area (Å²) in [5.41, 5.74) is 4.53. The molecule has 0 spiro atoms. The number of thiol groups is 1. The largest absolute Gasteiger partial charge is 0.304 e. The quantitative estimate of drug-likeness (QED) is 0.704. The predicted octanol–water partition coefficient (Wildman–Crippen LogP) is 4.11. The highest BCUT2D eigenvalue weighted by Gasteiger charge is 2.25. The van der Waals surface area contributed by atoms with Crippen molar-refractivity contribution in [1.29, 1.82) is 0 Å². The molecule has 0 unspecified atom stereocenters. The van der Waals surface area contributed by atoms with E-state index in [2.05, 4.69) is 49.0 Å². The van der Waals surface area contributed by atoms with E-state index in [1.54, 1.807) is 0 Å². The molecule has 1 aliphatic rings. The van der Waals surface area contributed by atoms with Crippen LogP contribution in [0.4, 0.5) is 0 Å². The van der Waals surface area contributed by atoms with Gasteiger partial charge in [0.05, 0.1) is 6.20 Å². The van der Waals surface area contributed by atoms with Gasteiger partial charge in [0.25, 0.3) is 0 Å². The second kappa shape index (κ2) is 7.08. The molecular weight excluding hydrogens is 342 g/mol. The van der Waals surface area contributed by atoms with Gasteiger partial charge in [-0.1, -0.05) is 19.7 Å². The van der Waals surface area contributed by atoms with Crippen molar-refractivity contribution in [3.63, 3.8) is 0 Å². The number of fused-ring (bicyclic) bond motifs is 1. The Kier molecular flexibility index (Phi) is 4.80. The van der Waals surface area contributed by atoms with Crippen LogP contribution in [0.5, 0.6) is 0 Å². The zero-order valence-corrected chi connectivity index (χ0v) is 16.7. The number of hydrogen-bond acceptors (Lipinski definition) is 4. The molecule has 3 aromatic rings. The average Bonchev–Trinajstić information content (AvgIpc) is 3.24. The van der Waals surface area contributed by atoms with Gasteiger partial charge in [0.2, 0.25) is 0 Å². The van der Waals surface area contributed by atoms with Crippen molar-refractivity contribution in [2.45, 2.75) is 44.6 Å². The van der Waals surface area contributed by atoms with Crippen LogP contribution in [-0.4, -0.2) is 43.3 Å². The molecule has 6 heteroatoms. The molecule has 3 aromatic heterocycles. The van der Waals surface area contributed by atoms with E-state index in [9.17, 15) is 0 Å². The van der Waals surface area contributed by atoms with E-state index in [4.69, 9.17) is 4.98 Å². The van der Waals surface area contributed by atoms with Crippen molar-refractivity contribution < 1.29 is 0 Å². The fraction of sp³-hybridized carbons (Fsp3) is 0.500. The lowest BCUT2D eigenvalue weighted by molar-refractivity contribution is 0.190. The van der Waals surface area contributed by atoms with Crippen molar-refractivity contribution in [3.05, 3.63) is 36.4 Å². The van der Waals surface area contributed by atoms with Crippen LogP contribution in [-0.2, 0) is 7.05 Å². The Labute approximate surface area is 160 Å². The van der Waals surface area contributed by atoms with Crippen LogP contribution in [0.1, 0.15) is 44.1 Å². The van der Waals surface area contributed by atoms with Crippen LogP contribution in [0.2, 0.25) is 0 Å². The van der Waals surface area contributed by atoms with E-state index < -0.39 is 0 Å². The zero-order chi connectivity index (χ0) is 18.3. The summed E-state index contributed by atoms with van der Waals surface area (Å²) in [4.78, 5) is 7.21. The SMILES string of the molecule is CCN(C)[C@H]1CC[C@@H](c2cnc3c(c2)c(-c2cnn(C)c2)cn3S)CC1. The normalized spacial score (nSPS) is 21.0. The maximum Gasteiger partial charge on any atom is 0.150 e. The highest BCUT2D eigenvalue weighted by molar-refractivity contribution is 7.78. The second-order valence-electron chi connectivity index (χ2n) is 7.51. The smallest absolute Gasteiger partial charge is 0.150 e. The number of pyridine rings is 1. The lowest BCUT2D eigenvalue weighted by Gasteiger charge is -2.34. The number of rotatable bonds is 4. The lowest BCUT2D eigenvalue weighted by Crippen LogP contribution is -2.34. The van der Waals surface area contributed by atoms with Gasteiger partial charge in [0.1, 0.15) is 5.65 Å².